The summed E-state index contributed by atoms with van der Waals surface area (Å²) in [6, 6.07) is 18.5. The zero-order valence-corrected chi connectivity index (χ0v) is 25.8. The van der Waals surface area contributed by atoms with E-state index in [2.05, 4.69) is 45.2 Å². The number of anilines is 3. The fourth-order valence-corrected chi connectivity index (χ4v) is 5.26. The summed E-state index contributed by atoms with van der Waals surface area (Å²) in [5.74, 6) is 1.37. The molecular formula is C33H43N5O5. The zero-order chi connectivity index (χ0) is 30.8. The van der Waals surface area contributed by atoms with E-state index in [0.29, 0.717) is 34.9 Å². The molecule has 2 N–H and O–H groups in total. The van der Waals surface area contributed by atoms with Crippen LogP contribution in [0.1, 0.15) is 34.6 Å². The molecule has 1 fully saturated rings. The molecule has 0 saturated carbocycles. The summed E-state index contributed by atoms with van der Waals surface area (Å²) >= 11 is 0. The summed E-state index contributed by atoms with van der Waals surface area (Å²) in [5, 5.41) is 6.03. The van der Waals surface area contributed by atoms with Crippen molar-refractivity contribution in [2.75, 3.05) is 88.8 Å². The van der Waals surface area contributed by atoms with Gasteiger partial charge in [-0.25, -0.2) is 0 Å². The normalized spacial score (nSPS) is 13.1. The van der Waals surface area contributed by atoms with E-state index in [1.54, 1.807) is 31.4 Å². The molecule has 3 aromatic rings. The summed E-state index contributed by atoms with van der Waals surface area (Å²) < 4.78 is 16.2. The first-order valence-corrected chi connectivity index (χ1v) is 14.7. The van der Waals surface area contributed by atoms with Gasteiger partial charge in [-0.3, -0.25) is 9.59 Å². The Hall–Kier alpha value is -4.44. The van der Waals surface area contributed by atoms with Crippen molar-refractivity contribution in [3.8, 4) is 17.2 Å². The molecule has 0 atom stereocenters. The maximum Gasteiger partial charge on any atom is 0.255 e. The van der Waals surface area contributed by atoms with Crippen molar-refractivity contribution < 1.29 is 23.8 Å². The van der Waals surface area contributed by atoms with Crippen LogP contribution in [0.4, 0.5) is 17.1 Å². The van der Waals surface area contributed by atoms with E-state index < -0.39 is 0 Å². The first-order chi connectivity index (χ1) is 20.9. The van der Waals surface area contributed by atoms with Crippen molar-refractivity contribution in [3.63, 3.8) is 0 Å². The lowest BCUT2D eigenvalue weighted by Gasteiger charge is -2.38. The van der Waals surface area contributed by atoms with Crippen LogP contribution in [0.15, 0.2) is 60.7 Å². The fraction of sp³-hybridized carbons (Fsp3) is 0.394. The summed E-state index contributed by atoms with van der Waals surface area (Å²) in [6.07, 6.45) is 0. The maximum absolute atomic E-state index is 13.6. The number of nitrogens with one attached hydrogen (secondary N) is 2. The lowest BCUT2D eigenvalue weighted by atomic mass is 10.1. The van der Waals surface area contributed by atoms with Crippen LogP contribution in [0.5, 0.6) is 17.2 Å². The molecule has 230 valence electrons. The highest BCUT2D eigenvalue weighted by molar-refractivity contribution is 6.06. The number of ether oxygens (including phenoxy) is 3. The number of benzene rings is 3. The number of para-hydroxylation sites is 2. The van der Waals surface area contributed by atoms with Crippen LogP contribution < -0.4 is 34.6 Å². The molecule has 0 spiro atoms. The molecule has 1 aliphatic heterocycles. The SMILES string of the molecule is CCN(CC)CCNC(=O)c1cc(NC(=O)c2cc(OC)cc(OC)c2)ccc1N1CCN(c2ccccc2OC)CC1. The Balaban J connectivity index is 1.55. The van der Waals surface area contributed by atoms with Gasteiger partial charge in [-0.1, -0.05) is 26.0 Å². The molecule has 0 unspecified atom stereocenters. The number of rotatable bonds is 13. The first kappa shape index (κ1) is 31.5. The fourth-order valence-electron chi connectivity index (χ4n) is 5.26. The van der Waals surface area contributed by atoms with Gasteiger partial charge >= 0.3 is 0 Å². The molecule has 43 heavy (non-hydrogen) atoms. The molecule has 0 radical (unpaired) electrons. The molecule has 0 aliphatic carbocycles. The van der Waals surface area contributed by atoms with Crippen LogP contribution in [0.25, 0.3) is 0 Å². The van der Waals surface area contributed by atoms with E-state index in [-0.39, 0.29) is 11.8 Å². The third-order valence-electron chi connectivity index (χ3n) is 7.77. The number of amides is 2. The highest BCUT2D eigenvalue weighted by Gasteiger charge is 2.24. The average molecular weight is 590 g/mol. The molecule has 3 aromatic carbocycles. The number of methoxy groups -OCH3 is 3. The van der Waals surface area contributed by atoms with Crippen molar-refractivity contribution in [2.24, 2.45) is 0 Å². The average Bonchev–Trinajstić information content (AvgIpc) is 3.06. The number of carbonyl (C=O) groups is 2. The van der Waals surface area contributed by atoms with Crippen LogP contribution in [0, 0.1) is 0 Å². The van der Waals surface area contributed by atoms with Crippen molar-refractivity contribution in [3.05, 3.63) is 71.8 Å². The van der Waals surface area contributed by atoms with Crippen molar-refractivity contribution >= 4 is 28.9 Å². The maximum atomic E-state index is 13.6. The number of carbonyl (C=O) groups excluding carboxylic acids is 2. The second-order valence-corrected chi connectivity index (χ2v) is 10.2. The Morgan fingerprint density at radius 3 is 2.00 bits per heavy atom. The molecule has 0 bridgehead atoms. The Morgan fingerprint density at radius 1 is 0.767 bits per heavy atom. The van der Waals surface area contributed by atoms with Gasteiger partial charge in [-0.2, -0.15) is 0 Å². The van der Waals surface area contributed by atoms with Crippen LogP contribution >= 0.6 is 0 Å². The van der Waals surface area contributed by atoms with Crippen molar-refractivity contribution in [1.82, 2.24) is 10.2 Å². The molecule has 4 rings (SSSR count). The van der Waals surface area contributed by atoms with E-state index in [1.807, 2.05) is 30.3 Å². The Kier molecular flexibility index (Phi) is 11.1. The zero-order valence-electron chi connectivity index (χ0n) is 25.8. The minimum Gasteiger partial charge on any atom is -0.497 e. The summed E-state index contributed by atoms with van der Waals surface area (Å²) in [4.78, 5) is 33.6. The molecule has 2 amide bonds. The number of hydrogen-bond donors (Lipinski definition) is 2. The largest absolute Gasteiger partial charge is 0.497 e. The second-order valence-electron chi connectivity index (χ2n) is 10.2. The van der Waals surface area contributed by atoms with Crippen LogP contribution in [-0.2, 0) is 0 Å². The number of nitrogens with zero attached hydrogens (tertiary/aromatic N) is 3. The molecule has 1 saturated heterocycles. The monoisotopic (exact) mass is 589 g/mol. The topological polar surface area (TPSA) is 95.6 Å². The van der Waals surface area contributed by atoms with E-state index in [9.17, 15) is 9.59 Å². The van der Waals surface area contributed by atoms with Crippen molar-refractivity contribution in [2.45, 2.75) is 13.8 Å². The molecule has 10 heteroatoms. The molecule has 1 aliphatic rings. The van der Waals surface area contributed by atoms with Crippen LogP contribution in [0.3, 0.4) is 0 Å². The predicted octanol–water partition coefficient (Wildman–Crippen LogP) is 4.36. The first-order valence-electron chi connectivity index (χ1n) is 14.7. The Morgan fingerprint density at radius 2 is 1.40 bits per heavy atom. The number of hydrogen-bond acceptors (Lipinski definition) is 8. The lowest BCUT2D eigenvalue weighted by Crippen LogP contribution is -2.47. The van der Waals surface area contributed by atoms with Gasteiger partial charge in [0.2, 0.25) is 0 Å². The summed E-state index contributed by atoms with van der Waals surface area (Å²) in [6.45, 7) is 10.4. The van der Waals surface area contributed by atoms with E-state index >= 15 is 0 Å². The third kappa shape index (κ3) is 7.90. The van der Waals surface area contributed by atoms with Gasteiger partial charge in [0.15, 0.2) is 0 Å². The van der Waals surface area contributed by atoms with Gasteiger partial charge in [0, 0.05) is 62.3 Å². The quantitative estimate of drug-likeness (QED) is 0.304. The molecule has 1 heterocycles. The second kappa shape index (κ2) is 15.2. The van der Waals surface area contributed by atoms with Gasteiger partial charge in [-0.05, 0) is 55.6 Å². The molecular weight excluding hydrogens is 546 g/mol. The minimum atomic E-state index is -0.330. The van der Waals surface area contributed by atoms with Crippen LogP contribution in [-0.4, -0.2) is 90.4 Å². The smallest absolute Gasteiger partial charge is 0.255 e. The Labute approximate surface area is 254 Å². The van der Waals surface area contributed by atoms with Gasteiger partial charge in [0.25, 0.3) is 11.8 Å². The summed E-state index contributed by atoms with van der Waals surface area (Å²) in [7, 11) is 4.76. The highest BCUT2D eigenvalue weighted by Crippen LogP contribution is 2.31. The number of likely N-dealkylation sites (N-methyl/N-ethyl adjacent to an activating group) is 1. The van der Waals surface area contributed by atoms with E-state index in [1.165, 1.54) is 14.2 Å². The third-order valence-corrected chi connectivity index (χ3v) is 7.77. The van der Waals surface area contributed by atoms with Crippen molar-refractivity contribution in [1.29, 1.82) is 0 Å². The van der Waals surface area contributed by atoms with Gasteiger partial charge < -0.3 is 39.5 Å². The van der Waals surface area contributed by atoms with Gasteiger partial charge in [0.05, 0.1) is 32.6 Å². The van der Waals surface area contributed by atoms with E-state index in [0.717, 1.165) is 62.9 Å². The van der Waals surface area contributed by atoms with Crippen LogP contribution in [0.2, 0.25) is 0 Å². The standard InChI is InChI=1S/C33H43N5O5/c1-6-36(7-2)15-14-34-33(40)28-22-25(35-32(39)24-20-26(41-3)23-27(21-24)42-4)12-13-29(28)37-16-18-38(19-17-37)30-10-8-9-11-31(30)43-5/h8-13,20-23H,6-7,14-19H2,1-5H3,(H,34,40)(H,35,39). The Bertz CT molecular complexity index is 1360. The number of piperazine rings is 1. The highest BCUT2D eigenvalue weighted by atomic mass is 16.5. The lowest BCUT2D eigenvalue weighted by molar-refractivity contribution is 0.0948. The minimum absolute atomic E-state index is 0.173. The summed E-state index contributed by atoms with van der Waals surface area (Å²) in [5.41, 5.74) is 3.33. The molecule has 0 aromatic heterocycles. The van der Waals surface area contributed by atoms with Gasteiger partial charge in [0.1, 0.15) is 17.2 Å². The van der Waals surface area contributed by atoms with Gasteiger partial charge in [-0.15, -0.1) is 0 Å². The predicted molar refractivity (Wildman–Crippen MR) is 171 cm³/mol. The van der Waals surface area contributed by atoms with E-state index in [4.69, 9.17) is 14.2 Å². The molecule has 10 nitrogen and oxygen atoms in total.